The van der Waals surface area contributed by atoms with E-state index in [-0.39, 0.29) is 5.91 Å². The fourth-order valence-corrected chi connectivity index (χ4v) is 2.24. The number of carbonyl (C=O) groups excluding carboxylic acids is 1. The molecule has 1 aliphatic rings. The first-order chi connectivity index (χ1) is 7.81. The van der Waals surface area contributed by atoms with Crippen molar-refractivity contribution < 1.29 is 4.79 Å². The molecule has 0 radical (unpaired) electrons. The predicted molar refractivity (Wildman–Crippen MR) is 67.0 cm³/mol. The van der Waals surface area contributed by atoms with Gasteiger partial charge in [-0.2, -0.15) is 12.6 Å². The van der Waals surface area contributed by atoms with Gasteiger partial charge in [0.15, 0.2) is 0 Å². The van der Waals surface area contributed by atoms with Gasteiger partial charge in [-0.15, -0.1) is 0 Å². The van der Waals surface area contributed by atoms with E-state index in [1.807, 2.05) is 11.0 Å². The third-order valence-corrected chi connectivity index (χ3v) is 3.12. The zero-order chi connectivity index (χ0) is 11.4. The number of rotatable bonds is 3. The molecule has 4 nitrogen and oxygen atoms in total. The van der Waals surface area contributed by atoms with Gasteiger partial charge < -0.3 is 9.88 Å². The lowest BCUT2D eigenvalue weighted by Gasteiger charge is -2.34. The number of amides is 1. The standard InChI is InChI=1S/C11H17N3OS/c15-11(10-1-2-12-9-10)14-5-3-13(4-6-14)7-8-16/h1-2,9,12,16H,3-8H2. The molecule has 1 saturated heterocycles. The molecule has 0 spiro atoms. The fraction of sp³-hybridized carbons (Fsp3) is 0.545. The number of piperazine rings is 1. The molecule has 0 saturated carbocycles. The molecule has 1 N–H and O–H groups in total. The Morgan fingerprint density at radius 1 is 1.38 bits per heavy atom. The van der Waals surface area contributed by atoms with Crippen LogP contribution in [0.3, 0.4) is 0 Å². The molecule has 1 aliphatic heterocycles. The van der Waals surface area contributed by atoms with E-state index in [0.29, 0.717) is 0 Å². The quantitative estimate of drug-likeness (QED) is 0.762. The first kappa shape index (κ1) is 11.5. The summed E-state index contributed by atoms with van der Waals surface area (Å²) in [7, 11) is 0. The van der Waals surface area contributed by atoms with Gasteiger partial charge in [0, 0.05) is 50.9 Å². The highest BCUT2D eigenvalue weighted by Gasteiger charge is 2.21. The van der Waals surface area contributed by atoms with Crippen LogP contribution < -0.4 is 0 Å². The average molecular weight is 239 g/mol. The maximum atomic E-state index is 12.0. The first-order valence-corrected chi connectivity index (χ1v) is 6.20. The van der Waals surface area contributed by atoms with Crippen LogP contribution in [0.1, 0.15) is 10.4 Å². The van der Waals surface area contributed by atoms with Gasteiger partial charge in [-0.25, -0.2) is 0 Å². The summed E-state index contributed by atoms with van der Waals surface area (Å²) >= 11 is 4.22. The van der Waals surface area contributed by atoms with Crippen molar-refractivity contribution >= 4 is 18.5 Å². The molecule has 2 rings (SSSR count). The Bertz CT molecular complexity index is 331. The second-order valence-corrected chi connectivity index (χ2v) is 4.40. The first-order valence-electron chi connectivity index (χ1n) is 5.56. The molecular weight excluding hydrogens is 222 g/mol. The molecule has 1 aromatic rings. The van der Waals surface area contributed by atoms with Gasteiger partial charge in [0.05, 0.1) is 5.56 Å². The zero-order valence-electron chi connectivity index (χ0n) is 9.22. The van der Waals surface area contributed by atoms with Crippen LogP contribution in [0.15, 0.2) is 18.5 Å². The van der Waals surface area contributed by atoms with Gasteiger partial charge in [-0.1, -0.05) is 0 Å². The van der Waals surface area contributed by atoms with E-state index >= 15 is 0 Å². The summed E-state index contributed by atoms with van der Waals surface area (Å²) in [5, 5.41) is 0. The van der Waals surface area contributed by atoms with Crippen LogP contribution in [0, 0.1) is 0 Å². The number of carbonyl (C=O) groups is 1. The van der Waals surface area contributed by atoms with Crippen LogP contribution in [0.5, 0.6) is 0 Å². The van der Waals surface area contributed by atoms with E-state index in [1.165, 1.54) is 0 Å². The number of nitrogens with one attached hydrogen (secondary N) is 1. The Balaban J connectivity index is 1.87. The van der Waals surface area contributed by atoms with Crippen molar-refractivity contribution in [2.75, 3.05) is 38.5 Å². The van der Waals surface area contributed by atoms with Gasteiger partial charge in [0.25, 0.3) is 5.91 Å². The molecule has 0 atom stereocenters. The number of hydrogen-bond donors (Lipinski definition) is 2. The van der Waals surface area contributed by atoms with Crippen LogP contribution in [0.25, 0.3) is 0 Å². The highest BCUT2D eigenvalue weighted by atomic mass is 32.1. The lowest BCUT2D eigenvalue weighted by molar-refractivity contribution is 0.0645. The average Bonchev–Trinajstić information content (AvgIpc) is 2.83. The van der Waals surface area contributed by atoms with Crippen LogP contribution in [0.4, 0.5) is 0 Å². The van der Waals surface area contributed by atoms with E-state index < -0.39 is 0 Å². The highest BCUT2D eigenvalue weighted by molar-refractivity contribution is 7.80. The maximum Gasteiger partial charge on any atom is 0.255 e. The fourth-order valence-electron chi connectivity index (χ4n) is 1.96. The SMILES string of the molecule is O=C(c1cc[nH]c1)N1CCN(CCS)CC1. The summed E-state index contributed by atoms with van der Waals surface area (Å²) in [5.74, 6) is 1.01. The van der Waals surface area contributed by atoms with Crippen molar-refractivity contribution in [3.63, 3.8) is 0 Å². The number of aromatic amines is 1. The molecule has 0 aliphatic carbocycles. The number of hydrogen-bond acceptors (Lipinski definition) is 3. The molecule has 1 fully saturated rings. The highest BCUT2D eigenvalue weighted by Crippen LogP contribution is 2.07. The molecule has 0 bridgehead atoms. The van der Waals surface area contributed by atoms with E-state index in [2.05, 4.69) is 22.5 Å². The number of aromatic nitrogens is 1. The summed E-state index contributed by atoms with van der Waals surface area (Å²) in [4.78, 5) is 19.2. The molecule has 5 heteroatoms. The van der Waals surface area contributed by atoms with Crippen LogP contribution in [0.2, 0.25) is 0 Å². The monoisotopic (exact) mass is 239 g/mol. The van der Waals surface area contributed by atoms with Crippen molar-refractivity contribution in [1.82, 2.24) is 14.8 Å². The van der Waals surface area contributed by atoms with Crippen LogP contribution in [-0.2, 0) is 0 Å². The number of thiol groups is 1. The van der Waals surface area contributed by atoms with Crippen molar-refractivity contribution in [3.8, 4) is 0 Å². The van der Waals surface area contributed by atoms with Gasteiger partial charge in [0.1, 0.15) is 0 Å². The smallest absolute Gasteiger partial charge is 0.255 e. The minimum atomic E-state index is 0.131. The Labute approximate surface area is 101 Å². The molecule has 2 heterocycles. The Morgan fingerprint density at radius 3 is 2.69 bits per heavy atom. The van der Waals surface area contributed by atoms with Gasteiger partial charge in [-0.3, -0.25) is 9.69 Å². The summed E-state index contributed by atoms with van der Waals surface area (Å²) in [6.45, 7) is 4.55. The third kappa shape index (κ3) is 2.59. The summed E-state index contributed by atoms with van der Waals surface area (Å²) in [6.07, 6.45) is 3.53. The van der Waals surface area contributed by atoms with Crippen molar-refractivity contribution in [2.45, 2.75) is 0 Å². The predicted octanol–water partition coefficient (Wildman–Crippen LogP) is 0.702. The molecule has 16 heavy (non-hydrogen) atoms. The molecule has 0 aromatic carbocycles. The lowest BCUT2D eigenvalue weighted by Crippen LogP contribution is -2.49. The Kier molecular flexibility index (Phi) is 3.90. The summed E-state index contributed by atoms with van der Waals surface area (Å²) in [6, 6.07) is 1.82. The summed E-state index contributed by atoms with van der Waals surface area (Å²) in [5.41, 5.74) is 0.752. The Hall–Kier alpha value is -0.940. The second kappa shape index (κ2) is 5.41. The third-order valence-electron chi connectivity index (χ3n) is 2.92. The van der Waals surface area contributed by atoms with E-state index in [9.17, 15) is 4.79 Å². The minimum absolute atomic E-state index is 0.131. The molecule has 0 unspecified atom stereocenters. The van der Waals surface area contributed by atoms with Gasteiger partial charge in [-0.05, 0) is 6.07 Å². The van der Waals surface area contributed by atoms with Crippen molar-refractivity contribution in [2.24, 2.45) is 0 Å². The Morgan fingerprint density at radius 2 is 2.12 bits per heavy atom. The lowest BCUT2D eigenvalue weighted by atomic mass is 10.2. The zero-order valence-corrected chi connectivity index (χ0v) is 10.1. The molecule has 1 aromatic heterocycles. The topological polar surface area (TPSA) is 39.3 Å². The van der Waals surface area contributed by atoms with Crippen LogP contribution >= 0.6 is 12.6 Å². The van der Waals surface area contributed by atoms with Crippen molar-refractivity contribution in [3.05, 3.63) is 24.0 Å². The maximum absolute atomic E-state index is 12.0. The minimum Gasteiger partial charge on any atom is -0.367 e. The normalized spacial score (nSPS) is 17.7. The summed E-state index contributed by atoms with van der Waals surface area (Å²) < 4.78 is 0. The number of nitrogens with zero attached hydrogens (tertiary/aromatic N) is 2. The molecule has 1 amide bonds. The van der Waals surface area contributed by atoms with E-state index in [0.717, 1.165) is 44.0 Å². The van der Waals surface area contributed by atoms with E-state index in [4.69, 9.17) is 0 Å². The molecule has 88 valence electrons. The molecular formula is C11H17N3OS. The largest absolute Gasteiger partial charge is 0.367 e. The van der Waals surface area contributed by atoms with Crippen molar-refractivity contribution in [1.29, 1.82) is 0 Å². The van der Waals surface area contributed by atoms with E-state index in [1.54, 1.807) is 12.4 Å². The van der Waals surface area contributed by atoms with Gasteiger partial charge in [0.2, 0.25) is 0 Å². The number of H-pyrrole nitrogens is 1. The van der Waals surface area contributed by atoms with Crippen LogP contribution in [-0.4, -0.2) is 59.2 Å². The second-order valence-electron chi connectivity index (χ2n) is 3.96. The van der Waals surface area contributed by atoms with Gasteiger partial charge >= 0.3 is 0 Å².